The molecule has 0 aliphatic rings. The lowest BCUT2D eigenvalue weighted by Crippen LogP contribution is -2.22. The van der Waals surface area contributed by atoms with E-state index in [4.69, 9.17) is 4.74 Å². The summed E-state index contributed by atoms with van der Waals surface area (Å²) in [5.74, 6) is -0.347. The van der Waals surface area contributed by atoms with E-state index in [1.54, 1.807) is 0 Å². The van der Waals surface area contributed by atoms with E-state index in [0.717, 1.165) is 22.4 Å². The molecule has 0 amide bonds. The molecule has 0 aromatic heterocycles. The van der Waals surface area contributed by atoms with E-state index in [1.165, 1.54) is 0 Å². The quantitative estimate of drug-likeness (QED) is 0.826. The molecule has 0 saturated carbocycles. The number of hydrogen-bond acceptors (Lipinski definition) is 4. The first-order valence-corrected chi connectivity index (χ1v) is 6.07. The van der Waals surface area contributed by atoms with E-state index in [-0.39, 0.29) is 12.8 Å². The number of rotatable bonds is 6. The van der Waals surface area contributed by atoms with E-state index >= 15 is 0 Å². The average Bonchev–Trinajstić information content (AvgIpc) is 2.30. The SMILES string of the molecule is CCOc1cc(C)c([C@H](O)CCC(=O)[O-])cc1C. The van der Waals surface area contributed by atoms with Crippen molar-refractivity contribution in [2.75, 3.05) is 6.61 Å². The van der Waals surface area contributed by atoms with Crippen molar-refractivity contribution < 1.29 is 19.7 Å². The lowest BCUT2D eigenvalue weighted by molar-refractivity contribution is -0.306. The molecule has 18 heavy (non-hydrogen) atoms. The van der Waals surface area contributed by atoms with Crippen molar-refractivity contribution in [2.45, 2.75) is 39.7 Å². The lowest BCUT2D eigenvalue weighted by atomic mass is 9.97. The van der Waals surface area contributed by atoms with Crippen LogP contribution in [-0.2, 0) is 4.79 Å². The molecule has 0 spiro atoms. The monoisotopic (exact) mass is 251 g/mol. The minimum atomic E-state index is -1.14. The summed E-state index contributed by atoms with van der Waals surface area (Å²) in [7, 11) is 0. The van der Waals surface area contributed by atoms with Crippen LogP contribution < -0.4 is 9.84 Å². The molecule has 1 aromatic carbocycles. The molecule has 0 unspecified atom stereocenters. The number of carboxylic acid groups (broad SMARTS) is 1. The first-order valence-electron chi connectivity index (χ1n) is 6.07. The highest BCUT2D eigenvalue weighted by Gasteiger charge is 2.13. The topological polar surface area (TPSA) is 69.6 Å². The molecule has 1 aromatic rings. The van der Waals surface area contributed by atoms with Crippen molar-refractivity contribution in [3.05, 3.63) is 28.8 Å². The van der Waals surface area contributed by atoms with Crippen molar-refractivity contribution in [1.82, 2.24) is 0 Å². The van der Waals surface area contributed by atoms with Crippen molar-refractivity contribution in [3.8, 4) is 5.75 Å². The minimum Gasteiger partial charge on any atom is -0.550 e. The summed E-state index contributed by atoms with van der Waals surface area (Å²) in [5.41, 5.74) is 2.58. The summed E-state index contributed by atoms with van der Waals surface area (Å²) in [6.07, 6.45) is -0.763. The predicted octanol–water partition coefficient (Wildman–Crippen LogP) is 1.27. The van der Waals surface area contributed by atoms with Crippen LogP contribution in [0.3, 0.4) is 0 Å². The number of hydrogen-bond donors (Lipinski definition) is 1. The highest BCUT2D eigenvalue weighted by Crippen LogP contribution is 2.28. The van der Waals surface area contributed by atoms with Crippen molar-refractivity contribution in [1.29, 1.82) is 0 Å². The molecule has 0 saturated heterocycles. The number of carbonyl (C=O) groups is 1. The van der Waals surface area contributed by atoms with Gasteiger partial charge in [-0.3, -0.25) is 0 Å². The highest BCUT2D eigenvalue weighted by atomic mass is 16.5. The maximum Gasteiger partial charge on any atom is 0.122 e. The fraction of sp³-hybridized carbons (Fsp3) is 0.500. The van der Waals surface area contributed by atoms with Gasteiger partial charge in [0.15, 0.2) is 0 Å². The average molecular weight is 251 g/mol. The summed E-state index contributed by atoms with van der Waals surface area (Å²) in [6, 6.07) is 3.72. The van der Waals surface area contributed by atoms with Crippen LogP contribution in [0.25, 0.3) is 0 Å². The molecule has 0 heterocycles. The van der Waals surface area contributed by atoms with Crippen LogP contribution in [0.1, 0.15) is 42.6 Å². The molecule has 100 valence electrons. The van der Waals surface area contributed by atoms with Crippen LogP contribution >= 0.6 is 0 Å². The Morgan fingerprint density at radius 1 is 1.39 bits per heavy atom. The first kappa shape index (κ1) is 14.5. The number of carboxylic acids is 1. The molecule has 0 aliphatic carbocycles. The van der Waals surface area contributed by atoms with E-state index in [9.17, 15) is 15.0 Å². The predicted molar refractivity (Wildman–Crippen MR) is 66.3 cm³/mol. The van der Waals surface area contributed by atoms with E-state index < -0.39 is 12.1 Å². The van der Waals surface area contributed by atoms with Crippen molar-refractivity contribution in [2.24, 2.45) is 0 Å². The van der Waals surface area contributed by atoms with Crippen LogP contribution in [0.5, 0.6) is 5.75 Å². The van der Waals surface area contributed by atoms with E-state index in [0.29, 0.717) is 6.61 Å². The van der Waals surface area contributed by atoms with Crippen LogP contribution in [0, 0.1) is 13.8 Å². The molecular formula is C14H19O4-. The van der Waals surface area contributed by atoms with Gasteiger partial charge in [0.25, 0.3) is 0 Å². The molecule has 4 heteroatoms. The number of carbonyl (C=O) groups excluding carboxylic acids is 1. The van der Waals surface area contributed by atoms with Gasteiger partial charge in [0.05, 0.1) is 12.7 Å². The molecule has 1 N–H and O–H groups in total. The largest absolute Gasteiger partial charge is 0.550 e. The number of aliphatic carboxylic acids is 1. The fourth-order valence-corrected chi connectivity index (χ4v) is 1.89. The first-order chi connectivity index (χ1) is 8.45. The molecule has 4 nitrogen and oxygen atoms in total. The normalized spacial score (nSPS) is 12.2. The number of aliphatic hydroxyl groups excluding tert-OH is 1. The third-order valence-corrected chi connectivity index (χ3v) is 2.84. The molecule has 0 aliphatic heterocycles. The van der Waals surface area contributed by atoms with Crippen LogP contribution in [0.15, 0.2) is 12.1 Å². The Kier molecular flexibility index (Phi) is 5.16. The molecule has 0 fully saturated rings. The molecular weight excluding hydrogens is 232 g/mol. The summed E-state index contributed by atoms with van der Waals surface area (Å²) in [6.45, 7) is 6.28. The summed E-state index contributed by atoms with van der Waals surface area (Å²) in [5, 5.41) is 20.3. The van der Waals surface area contributed by atoms with Gasteiger partial charge < -0.3 is 19.7 Å². The Morgan fingerprint density at radius 3 is 2.61 bits per heavy atom. The molecule has 0 radical (unpaired) electrons. The van der Waals surface area contributed by atoms with E-state index in [1.807, 2.05) is 32.9 Å². The third-order valence-electron chi connectivity index (χ3n) is 2.84. The Labute approximate surface area is 107 Å². The zero-order valence-electron chi connectivity index (χ0n) is 11.0. The zero-order valence-corrected chi connectivity index (χ0v) is 11.0. The Hall–Kier alpha value is -1.55. The van der Waals surface area contributed by atoms with Crippen LogP contribution in [0.2, 0.25) is 0 Å². The standard InChI is InChI=1S/C14H20O4/c1-4-18-13-8-9(2)11(7-10(13)3)12(15)5-6-14(16)17/h7-8,12,15H,4-6H2,1-3H3,(H,16,17)/p-1/t12-/m1/s1. The van der Waals surface area contributed by atoms with Gasteiger partial charge in [-0.2, -0.15) is 0 Å². The summed E-state index contributed by atoms with van der Waals surface area (Å²) >= 11 is 0. The number of aryl methyl sites for hydroxylation is 2. The molecule has 1 atom stereocenters. The molecule has 1 rings (SSSR count). The van der Waals surface area contributed by atoms with Gasteiger partial charge in [0.2, 0.25) is 0 Å². The summed E-state index contributed by atoms with van der Waals surface area (Å²) in [4.78, 5) is 10.4. The Bertz CT molecular complexity index is 426. The second-order valence-electron chi connectivity index (χ2n) is 4.33. The van der Waals surface area contributed by atoms with E-state index in [2.05, 4.69) is 0 Å². The summed E-state index contributed by atoms with van der Waals surface area (Å²) < 4.78 is 5.46. The molecule has 0 bridgehead atoms. The smallest absolute Gasteiger partial charge is 0.122 e. The van der Waals surface area contributed by atoms with Crippen molar-refractivity contribution in [3.63, 3.8) is 0 Å². The highest BCUT2D eigenvalue weighted by molar-refractivity contribution is 5.64. The van der Waals surface area contributed by atoms with Gasteiger partial charge in [-0.25, -0.2) is 0 Å². The second kappa shape index (κ2) is 6.40. The zero-order chi connectivity index (χ0) is 13.7. The maximum absolute atomic E-state index is 10.4. The van der Waals surface area contributed by atoms with Crippen LogP contribution in [-0.4, -0.2) is 17.7 Å². The van der Waals surface area contributed by atoms with Gasteiger partial charge in [-0.1, -0.05) is 0 Å². The maximum atomic E-state index is 10.4. The number of benzene rings is 1. The lowest BCUT2D eigenvalue weighted by Gasteiger charge is -2.17. The minimum absolute atomic E-state index is 0.146. The van der Waals surface area contributed by atoms with Gasteiger partial charge in [-0.05, 0) is 62.4 Å². The fourth-order valence-electron chi connectivity index (χ4n) is 1.89. The Balaban J connectivity index is 2.89. The van der Waals surface area contributed by atoms with Crippen LogP contribution in [0.4, 0.5) is 0 Å². The van der Waals surface area contributed by atoms with Gasteiger partial charge in [0, 0.05) is 5.97 Å². The third kappa shape index (κ3) is 3.74. The van der Waals surface area contributed by atoms with Gasteiger partial charge in [-0.15, -0.1) is 0 Å². The Morgan fingerprint density at radius 2 is 2.06 bits per heavy atom. The van der Waals surface area contributed by atoms with Gasteiger partial charge in [0.1, 0.15) is 5.75 Å². The number of ether oxygens (including phenoxy) is 1. The van der Waals surface area contributed by atoms with Crippen molar-refractivity contribution >= 4 is 5.97 Å². The van der Waals surface area contributed by atoms with Gasteiger partial charge >= 0.3 is 0 Å². The number of aliphatic hydroxyl groups is 1. The second-order valence-corrected chi connectivity index (χ2v) is 4.33.